The van der Waals surface area contributed by atoms with Crippen molar-refractivity contribution in [1.82, 2.24) is 5.32 Å². The van der Waals surface area contributed by atoms with E-state index in [1.807, 2.05) is 0 Å². The van der Waals surface area contributed by atoms with Crippen LogP contribution in [-0.4, -0.2) is 24.2 Å². The minimum atomic E-state index is -0.200. The maximum atomic E-state index is 11.3. The van der Waals surface area contributed by atoms with Gasteiger partial charge in [-0.25, -0.2) is 0 Å². The lowest BCUT2D eigenvalue weighted by atomic mass is 10.2. The fourth-order valence-electron chi connectivity index (χ4n) is 0.906. The first-order chi connectivity index (χ1) is 6.24. The SMILES string of the molecule is Nc1ccc(C(=O)NCCO)cc1. The summed E-state index contributed by atoms with van der Waals surface area (Å²) in [5.41, 5.74) is 6.62. The third-order valence-electron chi connectivity index (χ3n) is 1.57. The van der Waals surface area contributed by atoms with Crippen molar-refractivity contribution in [2.24, 2.45) is 0 Å². The Balaban J connectivity index is 2.61. The lowest BCUT2D eigenvalue weighted by Gasteiger charge is -2.02. The third kappa shape index (κ3) is 2.76. The van der Waals surface area contributed by atoms with Gasteiger partial charge in [-0.1, -0.05) is 0 Å². The summed E-state index contributed by atoms with van der Waals surface area (Å²) in [6, 6.07) is 6.60. The molecule has 0 heterocycles. The number of aliphatic hydroxyl groups is 1. The predicted molar refractivity (Wildman–Crippen MR) is 50.3 cm³/mol. The number of nitrogens with one attached hydrogen (secondary N) is 1. The van der Waals surface area contributed by atoms with Crippen LogP contribution in [0.3, 0.4) is 0 Å². The van der Waals surface area contributed by atoms with E-state index >= 15 is 0 Å². The number of anilines is 1. The summed E-state index contributed by atoms with van der Waals surface area (Å²) in [5, 5.41) is 11.0. The average molecular weight is 180 g/mol. The van der Waals surface area contributed by atoms with Crippen molar-refractivity contribution in [2.45, 2.75) is 0 Å². The first-order valence-electron chi connectivity index (χ1n) is 3.98. The van der Waals surface area contributed by atoms with Gasteiger partial charge in [-0.2, -0.15) is 0 Å². The quantitative estimate of drug-likeness (QED) is 0.573. The number of carbonyl (C=O) groups is 1. The van der Waals surface area contributed by atoms with Gasteiger partial charge in [-0.15, -0.1) is 0 Å². The first-order valence-corrected chi connectivity index (χ1v) is 3.98. The molecule has 13 heavy (non-hydrogen) atoms. The molecule has 0 atom stereocenters. The zero-order valence-electron chi connectivity index (χ0n) is 7.16. The molecule has 0 aliphatic heterocycles. The second-order valence-electron chi connectivity index (χ2n) is 2.60. The molecule has 4 N–H and O–H groups in total. The molecule has 1 aromatic carbocycles. The number of carbonyl (C=O) groups excluding carboxylic acids is 1. The molecule has 4 heteroatoms. The highest BCUT2D eigenvalue weighted by molar-refractivity contribution is 5.94. The van der Waals surface area contributed by atoms with E-state index in [9.17, 15) is 4.79 Å². The minimum absolute atomic E-state index is 0.0548. The molecule has 0 aliphatic rings. The molecule has 0 bridgehead atoms. The van der Waals surface area contributed by atoms with E-state index in [1.54, 1.807) is 24.3 Å². The van der Waals surface area contributed by atoms with Gasteiger partial charge in [0.1, 0.15) is 0 Å². The summed E-state index contributed by atoms with van der Waals surface area (Å²) in [6.07, 6.45) is 0. The maximum Gasteiger partial charge on any atom is 0.251 e. The summed E-state index contributed by atoms with van der Waals surface area (Å²) >= 11 is 0. The molecule has 70 valence electrons. The van der Waals surface area contributed by atoms with Crippen LogP contribution in [0.1, 0.15) is 10.4 Å². The van der Waals surface area contributed by atoms with Crippen molar-refractivity contribution in [3.8, 4) is 0 Å². The van der Waals surface area contributed by atoms with Gasteiger partial charge in [0.2, 0.25) is 0 Å². The lowest BCUT2D eigenvalue weighted by Crippen LogP contribution is -2.26. The summed E-state index contributed by atoms with van der Waals surface area (Å²) in [5.74, 6) is -0.200. The van der Waals surface area contributed by atoms with Gasteiger partial charge in [0.25, 0.3) is 5.91 Å². The van der Waals surface area contributed by atoms with Gasteiger partial charge < -0.3 is 16.2 Å². The topological polar surface area (TPSA) is 75.4 Å². The van der Waals surface area contributed by atoms with Crippen molar-refractivity contribution >= 4 is 11.6 Å². The number of hydrogen-bond acceptors (Lipinski definition) is 3. The van der Waals surface area contributed by atoms with Crippen LogP contribution < -0.4 is 11.1 Å². The molecule has 0 radical (unpaired) electrons. The fourth-order valence-corrected chi connectivity index (χ4v) is 0.906. The maximum absolute atomic E-state index is 11.3. The molecule has 0 saturated heterocycles. The first kappa shape index (κ1) is 9.54. The van der Waals surface area contributed by atoms with Crippen LogP contribution in [0.15, 0.2) is 24.3 Å². The molecule has 0 unspecified atom stereocenters. The van der Waals surface area contributed by atoms with Crippen LogP contribution in [0, 0.1) is 0 Å². The summed E-state index contributed by atoms with van der Waals surface area (Å²) in [4.78, 5) is 11.3. The summed E-state index contributed by atoms with van der Waals surface area (Å²) in [7, 11) is 0. The molecule has 1 aromatic rings. The van der Waals surface area contributed by atoms with Gasteiger partial charge in [-0.05, 0) is 24.3 Å². The number of rotatable bonds is 3. The highest BCUT2D eigenvalue weighted by Gasteiger charge is 2.02. The summed E-state index contributed by atoms with van der Waals surface area (Å²) < 4.78 is 0. The molecular formula is C9H12N2O2. The molecule has 1 rings (SSSR count). The molecule has 0 aromatic heterocycles. The predicted octanol–water partition coefficient (Wildman–Crippen LogP) is -0.00910. The number of nitrogens with two attached hydrogens (primary N) is 1. The van der Waals surface area contributed by atoms with E-state index in [0.29, 0.717) is 11.3 Å². The summed E-state index contributed by atoms with van der Waals surface area (Å²) in [6.45, 7) is 0.212. The van der Waals surface area contributed by atoms with Crippen molar-refractivity contribution in [2.75, 3.05) is 18.9 Å². The highest BCUT2D eigenvalue weighted by Crippen LogP contribution is 2.04. The van der Waals surface area contributed by atoms with Crippen LogP contribution in [0.2, 0.25) is 0 Å². The Morgan fingerprint density at radius 2 is 2.00 bits per heavy atom. The molecular weight excluding hydrogens is 168 g/mol. The van der Waals surface area contributed by atoms with Crippen LogP contribution >= 0.6 is 0 Å². The zero-order chi connectivity index (χ0) is 9.68. The van der Waals surface area contributed by atoms with Crippen molar-refractivity contribution < 1.29 is 9.90 Å². The molecule has 1 amide bonds. The van der Waals surface area contributed by atoms with E-state index in [4.69, 9.17) is 10.8 Å². The van der Waals surface area contributed by atoms with Gasteiger partial charge in [-0.3, -0.25) is 4.79 Å². The molecule has 0 fully saturated rings. The number of amides is 1. The Morgan fingerprint density at radius 1 is 1.38 bits per heavy atom. The number of nitrogen functional groups attached to an aromatic ring is 1. The number of benzene rings is 1. The van der Waals surface area contributed by atoms with Crippen LogP contribution in [0.5, 0.6) is 0 Å². The van der Waals surface area contributed by atoms with E-state index in [0.717, 1.165) is 0 Å². The van der Waals surface area contributed by atoms with E-state index in [1.165, 1.54) is 0 Å². The minimum Gasteiger partial charge on any atom is -0.399 e. The Morgan fingerprint density at radius 3 is 2.54 bits per heavy atom. The van der Waals surface area contributed by atoms with Gasteiger partial charge in [0, 0.05) is 17.8 Å². The smallest absolute Gasteiger partial charge is 0.251 e. The monoisotopic (exact) mass is 180 g/mol. The van der Waals surface area contributed by atoms with Crippen LogP contribution in [0.4, 0.5) is 5.69 Å². The van der Waals surface area contributed by atoms with Crippen molar-refractivity contribution in [3.63, 3.8) is 0 Å². The average Bonchev–Trinajstić information content (AvgIpc) is 2.15. The standard InChI is InChI=1S/C9H12N2O2/c10-8-3-1-7(2-4-8)9(13)11-5-6-12/h1-4,12H,5-6,10H2,(H,11,13). The van der Waals surface area contributed by atoms with Gasteiger partial charge in [0.15, 0.2) is 0 Å². The fraction of sp³-hybridized carbons (Fsp3) is 0.222. The molecule has 0 aliphatic carbocycles. The number of aliphatic hydroxyl groups excluding tert-OH is 1. The second-order valence-corrected chi connectivity index (χ2v) is 2.60. The zero-order valence-corrected chi connectivity index (χ0v) is 7.16. The highest BCUT2D eigenvalue weighted by atomic mass is 16.3. The Kier molecular flexibility index (Phi) is 3.28. The largest absolute Gasteiger partial charge is 0.399 e. The van der Waals surface area contributed by atoms with E-state index in [-0.39, 0.29) is 19.1 Å². The van der Waals surface area contributed by atoms with Crippen molar-refractivity contribution in [1.29, 1.82) is 0 Å². The molecule has 4 nitrogen and oxygen atoms in total. The van der Waals surface area contributed by atoms with E-state index < -0.39 is 0 Å². The third-order valence-corrected chi connectivity index (χ3v) is 1.57. The van der Waals surface area contributed by atoms with Crippen molar-refractivity contribution in [3.05, 3.63) is 29.8 Å². The lowest BCUT2D eigenvalue weighted by molar-refractivity contribution is 0.0945. The molecule has 0 spiro atoms. The van der Waals surface area contributed by atoms with E-state index in [2.05, 4.69) is 5.32 Å². The van der Waals surface area contributed by atoms with Crippen LogP contribution in [-0.2, 0) is 0 Å². The Hall–Kier alpha value is -1.55. The second kappa shape index (κ2) is 4.47. The number of hydrogen-bond donors (Lipinski definition) is 3. The van der Waals surface area contributed by atoms with Crippen LogP contribution in [0.25, 0.3) is 0 Å². The Labute approximate surface area is 76.4 Å². The van der Waals surface area contributed by atoms with Gasteiger partial charge in [0.05, 0.1) is 6.61 Å². The normalized spacial score (nSPS) is 9.62. The molecule has 0 saturated carbocycles. The Bertz CT molecular complexity index is 282. The van der Waals surface area contributed by atoms with Gasteiger partial charge >= 0.3 is 0 Å².